The molecular formula is C16H23NO3. The van der Waals surface area contributed by atoms with Crippen LogP contribution in [-0.4, -0.2) is 34.0 Å². The van der Waals surface area contributed by atoms with Gasteiger partial charge in [0.25, 0.3) is 0 Å². The number of aliphatic carboxylic acids is 1. The number of carbonyl (C=O) groups excluding carboxylic acids is 1. The quantitative estimate of drug-likeness (QED) is 0.869. The predicted molar refractivity (Wildman–Crippen MR) is 78.6 cm³/mol. The zero-order valence-electron chi connectivity index (χ0n) is 12.6. The lowest BCUT2D eigenvalue weighted by molar-refractivity contribution is -0.156. The third-order valence-corrected chi connectivity index (χ3v) is 3.56. The summed E-state index contributed by atoms with van der Waals surface area (Å²) < 4.78 is 0. The molecule has 0 atom stereocenters. The smallest absolute Gasteiger partial charge is 0.329 e. The van der Waals surface area contributed by atoms with Crippen molar-refractivity contribution >= 4 is 11.9 Å². The number of rotatable bonds is 6. The van der Waals surface area contributed by atoms with E-state index in [0.29, 0.717) is 19.4 Å². The lowest BCUT2D eigenvalue weighted by Crippen LogP contribution is -2.52. The van der Waals surface area contributed by atoms with Crippen molar-refractivity contribution in [2.75, 3.05) is 6.54 Å². The number of nitrogens with zero attached hydrogens (tertiary/aromatic N) is 1. The highest BCUT2D eigenvalue weighted by Gasteiger charge is 2.36. The summed E-state index contributed by atoms with van der Waals surface area (Å²) in [7, 11) is 0. The summed E-state index contributed by atoms with van der Waals surface area (Å²) in [5.74, 6) is -1.11. The second-order valence-corrected chi connectivity index (χ2v) is 5.49. The van der Waals surface area contributed by atoms with E-state index >= 15 is 0 Å². The van der Waals surface area contributed by atoms with Crippen molar-refractivity contribution in [3.8, 4) is 0 Å². The number of amides is 1. The summed E-state index contributed by atoms with van der Waals surface area (Å²) in [5, 5.41) is 9.21. The number of likely N-dealkylation sites (N-methyl/N-ethyl adjacent to an activating group) is 1. The first-order valence-corrected chi connectivity index (χ1v) is 6.88. The van der Waals surface area contributed by atoms with Crippen LogP contribution < -0.4 is 0 Å². The molecule has 20 heavy (non-hydrogen) atoms. The van der Waals surface area contributed by atoms with E-state index in [1.54, 1.807) is 20.8 Å². The number of carboxylic acids is 1. The Labute approximate surface area is 120 Å². The third-order valence-electron chi connectivity index (χ3n) is 3.56. The Hall–Kier alpha value is -1.84. The van der Waals surface area contributed by atoms with Gasteiger partial charge in [0.05, 0.1) is 0 Å². The molecule has 1 amide bonds. The van der Waals surface area contributed by atoms with Crippen molar-refractivity contribution in [1.82, 2.24) is 4.90 Å². The maximum absolute atomic E-state index is 12.2. The van der Waals surface area contributed by atoms with Crippen molar-refractivity contribution in [1.29, 1.82) is 0 Å². The molecule has 1 rings (SSSR count). The predicted octanol–water partition coefficient (Wildman–Crippen LogP) is 2.64. The van der Waals surface area contributed by atoms with Crippen LogP contribution in [0.1, 0.15) is 38.3 Å². The third kappa shape index (κ3) is 3.83. The normalized spacial score (nSPS) is 11.2. The largest absolute Gasteiger partial charge is 0.480 e. The fraction of sp³-hybridized carbons (Fsp3) is 0.500. The topological polar surface area (TPSA) is 57.6 Å². The van der Waals surface area contributed by atoms with Gasteiger partial charge in [-0.3, -0.25) is 4.79 Å². The van der Waals surface area contributed by atoms with E-state index in [0.717, 1.165) is 5.56 Å². The Morgan fingerprint density at radius 3 is 2.20 bits per heavy atom. The molecule has 0 spiro atoms. The van der Waals surface area contributed by atoms with Gasteiger partial charge in [-0.2, -0.15) is 0 Å². The maximum atomic E-state index is 12.2. The maximum Gasteiger partial charge on any atom is 0.329 e. The van der Waals surface area contributed by atoms with E-state index in [9.17, 15) is 14.7 Å². The van der Waals surface area contributed by atoms with Crippen molar-refractivity contribution in [3.05, 3.63) is 35.4 Å². The lowest BCUT2D eigenvalue weighted by Gasteiger charge is -2.34. The minimum absolute atomic E-state index is 0.125. The molecule has 0 unspecified atom stereocenters. The van der Waals surface area contributed by atoms with Crippen LogP contribution in [0.3, 0.4) is 0 Å². The first-order chi connectivity index (χ1) is 9.28. The van der Waals surface area contributed by atoms with Gasteiger partial charge >= 0.3 is 5.97 Å². The lowest BCUT2D eigenvalue weighted by atomic mass is 10.0. The van der Waals surface area contributed by atoms with Gasteiger partial charge in [0.15, 0.2) is 0 Å². The summed E-state index contributed by atoms with van der Waals surface area (Å²) in [6.45, 7) is 7.33. The molecule has 0 saturated heterocycles. The zero-order valence-corrected chi connectivity index (χ0v) is 12.6. The molecule has 1 aromatic rings. The van der Waals surface area contributed by atoms with Crippen LogP contribution in [0.2, 0.25) is 0 Å². The van der Waals surface area contributed by atoms with Gasteiger partial charge in [0.1, 0.15) is 5.54 Å². The minimum atomic E-state index is -1.17. The van der Waals surface area contributed by atoms with Gasteiger partial charge in [0.2, 0.25) is 5.91 Å². The second kappa shape index (κ2) is 6.55. The standard InChI is InChI=1S/C16H23NO3/c1-5-17(16(3,4)15(19)20)14(18)11-10-13-8-6-12(2)7-9-13/h6-9H,5,10-11H2,1-4H3,(H,19,20). The van der Waals surface area contributed by atoms with E-state index in [1.807, 2.05) is 31.2 Å². The molecule has 0 fully saturated rings. The van der Waals surface area contributed by atoms with Crippen molar-refractivity contribution < 1.29 is 14.7 Å². The molecule has 0 aliphatic carbocycles. The van der Waals surface area contributed by atoms with Gasteiger partial charge in [-0.05, 0) is 39.7 Å². The number of carboxylic acid groups (broad SMARTS) is 1. The molecule has 4 heteroatoms. The van der Waals surface area contributed by atoms with E-state index in [-0.39, 0.29) is 5.91 Å². The van der Waals surface area contributed by atoms with Crippen LogP contribution in [0.25, 0.3) is 0 Å². The second-order valence-electron chi connectivity index (χ2n) is 5.49. The van der Waals surface area contributed by atoms with Crippen molar-refractivity contribution in [2.45, 2.75) is 46.1 Å². The highest BCUT2D eigenvalue weighted by atomic mass is 16.4. The first kappa shape index (κ1) is 16.2. The summed E-state index contributed by atoms with van der Waals surface area (Å²) in [6.07, 6.45) is 0.957. The average molecular weight is 277 g/mol. The first-order valence-electron chi connectivity index (χ1n) is 6.88. The molecule has 0 radical (unpaired) electrons. The fourth-order valence-corrected chi connectivity index (χ4v) is 2.14. The number of carbonyl (C=O) groups is 2. The van der Waals surface area contributed by atoms with Crippen LogP contribution in [-0.2, 0) is 16.0 Å². The highest BCUT2D eigenvalue weighted by Crippen LogP contribution is 2.17. The SMILES string of the molecule is CCN(C(=O)CCc1ccc(C)cc1)C(C)(C)C(=O)O. The number of benzene rings is 1. The number of aryl methyl sites for hydroxylation is 2. The van der Waals surface area contributed by atoms with Crippen molar-refractivity contribution in [2.24, 2.45) is 0 Å². The molecule has 0 aliphatic rings. The summed E-state index contributed by atoms with van der Waals surface area (Å²) in [4.78, 5) is 24.9. The van der Waals surface area contributed by atoms with Crippen molar-refractivity contribution in [3.63, 3.8) is 0 Å². The molecule has 0 saturated carbocycles. The Kier molecular flexibility index (Phi) is 5.31. The summed E-state index contributed by atoms with van der Waals surface area (Å²) in [6, 6.07) is 8.03. The van der Waals surface area contributed by atoms with E-state index in [4.69, 9.17) is 0 Å². The molecular weight excluding hydrogens is 254 g/mol. The molecule has 0 aliphatic heterocycles. The monoisotopic (exact) mass is 277 g/mol. The number of hydrogen-bond donors (Lipinski definition) is 1. The average Bonchev–Trinajstić information content (AvgIpc) is 2.38. The molecule has 110 valence electrons. The van der Waals surface area contributed by atoms with Crippen LogP contribution in [0.15, 0.2) is 24.3 Å². The molecule has 1 aromatic carbocycles. The molecule has 1 N–H and O–H groups in total. The van der Waals surface area contributed by atoms with Gasteiger partial charge in [-0.25, -0.2) is 4.79 Å². The van der Waals surface area contributed by atoms with E-state index in [1.165, 1.54) is 10.5 Å². The zero-order chi connectivity index (χ0) is 15.3. The van der Waals surface area contributed by atoms with Gasteiger partial charge in [-0.15, -0.1) is 0 Å². The van der Waals surface area contributed by atoms with E-state index in [2.05, 4.69) is 0 Å². The highest BCUT2D eigenvalue weighted by molar-refractivity contribution is 5.86. The molecule has 0 bridgehead atoms. The Bertz CT molecular complexity index is 477. The molecule has 4 nitrogen and oxygen atoms in total. The Morgan fingerprint density at radius 2 is 1.75 bits per heavy atom. The molecule has 0 heterocycles. The molecule has 0 aromatic heterocycles. The van der Waals surface area contributed by atoms with Gasteiger partial charge < -0.3 is 10.0 Å². The van der Waals surface area contributed by atoms with Gasteiger partial charge in [0, 0.05) is 13.0 Å². The van der Waals surface area contributed by atoms with Crippen LogP contribution in [0, 0.1) is 6.92 Å². The Morgan fingerprint density at radius 1 is 1.20 bits per heavy atom. The summed E-state index contributed by atoms with van der Waals surface area (Å²) in [5.41, 5.74) is 1.11. The fourth-order valence-electron chi connectivity index (χ4n) is 2.14. The van der Waals surface area contributed by atoms with Gasteiger partial charge in [-0.1, -0.05) is 29.8 Å². The summed E-state index contributed by atoms with van der Waals surface area (Å²) >= 11 is 0. The Balaban J connectivity index is 2.69. The van der Waals surface area contributed by atoms with E-state index < -0.39 is 11.5 Å². The van der Waals surface area contributed by atoms with Crippen LogP contribution >= 0.6 is 0 Å². The minimum Gasteiger partial charge on any atom is -0.480 e. The van der Waals surface area contributed by atoms with Crippen LogP contribution in [0.5, 0.6) is 0 Å². The number of hydrogen-bond acceptors (Lipinski definition) is 2. The van der Waals surface area contributed by atoms with Crippen LogP contribution in [0.4, 0.5) is 0 Å².